The molecule has 0 atom stereocenters. The van der Waals surface area contributed by atoms with Gasteiger partial charge in [-0.25, -0.2) is 4.98 Å². The first kappa shape index (κ1) is 11.3. The van der Waals surface area contributed by atoms with Crippen LogP contribution in [0, 0.1) is 9.49 Å². The molecule has 0 radical (unpaired) electrons. The third kappa shape index (κ3) is 2.14. The van der Waals surface area contributed by atoms with Crippen molar-refractivity contribution in [3.63, 3.8) is 0 Å². The molecule has 1 fully saturated rings. The van der Waals surface area contributed by atoms with Crippen molar-refractivity contribution in [2.45, 2.75) is 32.2 Å². The number of anilines is 1. The molecule has 2 aromatic rings. The Morgan fingerprint density at radius 2 is 2.24 bits per heavy atom. The lowest BCUT2D eigenvalue weighted by molar-refractivity contribution is 0.284. The maximum atomic E-state index is 6.00. The second kappa shape index (κ2) is 4.48. The standard InChI is InChI=1S/C13H16IN3/c14-10-4-5-12-11(8-10)16-13(15)17(12)7-6-9-2-1-3-9/h4-5,8-9H,1-3,6-7H2,(H2,15,16). The quantitative estimate of drug-likeness (QED) is 0.870. The van der Waals surface area contributed by atoms with Gasteiger partial charge in [0.25, 0.3) is 0 Å². The molecule has 1 aliphatic carbocycles. The highest BCUT2D eigenvalue weighted by Crippen LogP contribution is 2.31. The lowest BCUT2D eigenvalue weighted by atomic mass is 9.83. The molecule has 0 bridgehead atoms. The second-order valence-electron chi connectivity index (χ2n) is 4.84. The molecule has 0 amide bonds. The van der Waals surface area contributed by atoms with Crippen LogP contribution in [-0.4, -0.2) is 9.55 Å². The molecule has 4 heteroatoms. The van der Waals surface area contributed by atoms with Crippen molar-refractivity contribution in [2.75, 3.05) is 5.73 Å². The Morgan fingerprint density at radius 3 is 2.94 bits per heavy atom. The van der Waals surface area contributed by atoms with Gasteiger partial charge in [-0.3, -0.25) is 0 Å². The molecule has 0 saturated heterocycles. The molecule has 1 aliphatic rings. The highest BCUT2D eigenvalue weighted by Gasteiger charge is 2.18. The minimum absolute atomic E-state index is 0.654. The van der Waals surface area contributed by atoms with Crippen LogP contribution in [0.4, 0.5) is 5.95 Å². The van der Waals surface area contributed by atoms with Gasteiger partial charge in [0.05, 0.1) is 11.0 Å². The Labute approximate surface area is 115 Å². The van der Waals surface area contributed by atoms with E-state index in [4.69, 9.17) is 5.73 Å². The molecule has 1 saturated carbocycles. The van der Waals surface area contributed by atoms with E-state index in [1.807, 2.05) is 0 Å². The average Bonchev–Trinajstić information content (AvgIpc) is 2.52. The summed E-state index contributed by atoms with van der Waals surface area (Å²) in [5.41, 5.74) is 8.18. The van der Waals surface area contributed by atoms with Crippen LogP contribution in [0.25, 0.3) is 11.0 Å². The molecular formula is C13H16IN3. The van der Waals surface area contributed by atoms with Crippen LogP contribution in [0.1, 0.15) is 25.7 Å². The maximum Gasteiger partial charge on any atom is 0.201 e. The first-order valence-corrected chi connectivity index (χ1v) is 7.23. The molecule has 0 spiro atoms. The van der Waals surface area contributed by atoms with E-state index >= 15 is 0 Å². The number of halogens is 1. The van der Waals surface area contributed by atoms with Crippen LogP contribution in [0.5, 0.6) is 0 Å². The highest BCUT2D eigenvalue weighted by molar-refractivity contribution is 14.1. The molecular weight excluding hydrogens is 325 g/mol. The Balaban J connectivity index is 1.88. The molecule has 1 heterocycles. The SMILES string of the molecule is Nc1nc2cc(I)ccc2n1CCC1CCC1. The average molecular weight is 341 g/mol. The van der Waals surface area contributed by atoms with Gasteiger partial charge in [0, 0.05) is 10.1 Å². The zero-order valence-corrected chi connectivity index (χ0v) is 11.9. The lowest BCUT2D eigenvalue weighted by Crippen LogP contribution is -2.14. The molecule has 0 unspecified atom stereocenters. The highest BCUT2D eigenvalue weighted by atomic mass is 127. The van der Waals surface area contributed by atoms with E-state index in [0.29, 0.717) is 5.95 Å². The third-order valence-corrected chi connectivity index (χ3v) is 4.40. The number of aryl methyl sites for hydroxylation is 1. The summed E-state index contributed by atoms with van der Waals surface area (Å²) in [6, 6.07) is 6.33. The van der Waals surface area contributed by atoms with Crippen LogP contribution in [-0.2, 0) is 6.54 Å². The number of nitrogens with zero attached hydrogens (tertiary/aromatic N) is 2. The van der Waals surface area contributed by atoms with Gasteiger partial charge in [-0.1, -0.05) is 19.3 Å². The van der Waals surface area contributed by atoms with Crippen LogP contribution < -0.4 is 5.73 Å². The summed E-state index contributed by atoms with van der Waals surface area (Å²) in [4.78, 5) is 4.43. The maximum absolute atomic E-state index is 6.00. The first-order chi connectivity index (χ1) is 8.24. The Kier molecular flexibility index (Phi) is 2.98. The van der Waals surface area contributed by atoms with Gasteiger partial charge in [-0.15, -0.1) is 0 Å². The van der Waals surface area contributed by atoms with Gasteiger partial charge in [0.15, 0.2) is 0 Å². The van der Waals surface area contributed by atoms with E-state index in [9.17, 15) is 0 Å². The molecule has 1 aromatic heterocycles. The van der Waals surface area contributed by atoms with Crippen molar-refractivity contribution in [1.82, 2.24) is 9.55 Å². The van der Waals surface area contributed by atoms with E-state index in [-0.39, 0.29) is 0 Å². The number of rotatable bonds is 3. The number of benzene rings is 1. The summed E-state index contributed by atoms with van der Waals surface area (Å²) < 4.78 is 3.36. The Morgan fingerprint density at radius 1 is 1.41 bits per heavy atom. The number of hydrogen-bond donors (Lipinski definition) is 1. The molecule has 90 valence electrons. The van der Waals surface area contributed by atoms with Crippen molar-refractivity contribution in [1.29, 1.82) is 0 Å². The zero-order valence-electron chi connectivity index (χ0n) is 9.69. The number of hydrogen-bond acceptors (Lipinski definition) is 2. The van der Waals surface area contributed by atoms with E-state index in [2.05, 4.69) is 50.3 Å². The van der Waals surface area contributed by atoms with E-state index in [1.54, 1.807) is 0 Å². The summed E-state index contributed by atoms with van der Waals surface area (Å²) >= 11 is 2.31. The fourth-order valence-electron chi connectivity index (χ4n) is 2.45. The van der Waals surface area contributed by atoms with Crippen LogP contribution >= 0.6 is 22.6 Å². The largest absolute Gasteiger partial charge is 0.369 e. The number of imidazole rings is 1. The summed E-state index contributed by atoms with van der Waals surface area (Å²) in [6.07, 6.45) is 5.43. The fourth-order valence-corrected chi connectivity index (χ4v) is 2.92. The minimum atomic E-state index is 0.654. The summed E-state index contributed by atoms with van der Waals surface area (Å²) in [5, 5.41) is 0. The van der Waals surface area contributed by atoms with E-state index < -0.39 is 0 Å². The topological polar surface area (TPSA) is 43.8 Å². The van der Waals surface area contributed by atoms with Gasteiger partial charge < -0.3 is 10.3 Å². The minimum Gasteiger partial charge on any atom is -0.369 e. The molecule has 0 aliphatic heterocycles. The number of nitrogens with two attached hydrogens (primary N) is 1. The van der Waals surface area contributed by atoms with Crippen molar-refractivity contribution < 1.29 is 0 Å². The smallest absolute Gasteiger partial charge is 0.201 e. The molecule has 17 heavy (non-hydrogen) atoms. The Hall–Kier alpha value is -0.780. The van der Waals surface area contributed by atoms with Crippen molar-refractivity contribution in [3.8, 4) is 0 Å². The number of fused-ring (bicyclic) bond motifs is 1. The molecule has 1 aromatic carbocycles. The summed E-state index contributed by atoms with van der Waals surface area (Å²) in [6.45, 7) is 1.01. The second-order valence-corrected chi connectivity index (χ2v) is 6.09. The van der Waals surface area contributed by atoms with E-state index in [1.165, 1.54) is 34.8 Å². The van der Waals surface area contributed by atoms with E-state index in [0.717, 1.165) is 18.0 Å². The first-order valence-electron chi connectivity index (χ1n) is 6.15. The van der Waals surface area contributed by atoms with Crippen molar-refractivity contribution >= 4 is 39.6 Å². The molecule has 3 nitrogen and oxygen atoms in total. The zero-order chi connectivity index (χ0) is 11.8. The number of aromatic nitrogens is 2. The van der Waals surface area contributed by atoms with Crippen LogP contribution in [0.15, 0.2) is 18.2 Å². The van der Waals surface area contributed by atoms with Crippen LogP contribution in [0.2, 0.25) is 0 Å². The molecule has 2 N–H and O–H groups in total. The summed E-state index contributed by atoms with van der Waals surface area (Å²) in [5.74, 6) is 1.57. The van der Waals surface area contributed by atoms with Gasteiger partial charge in [-0.05, 0) is 53.1 Å². The lowest BCUT2D eigenvalue weighted by Gasteiger charge is -2.25. The van der Waals surface area contributed by atoms with Crippen molar-refractivity contribution in [3.05, 3.63) is 21.8 Å². The van der Waals surface area contributed by atoms with Crippen LogP contribution in [0.3, 0.4) is 0 Å². The Bertz CT molecular complexity index is 543. The predicted molar refractivity (Wildman–Crippen MR) is 78.8 cm³/mol. The fraction of sp³-hybridized carbons (Fsp3) is 0.462. The van der Waals surface area contributed by atoms with Gasteiger partial charge in [0.1, 0.15) is 0 Å². The monoisotopic (exact) mass is 341 g/mol. The molecule has 3 rings (SSSR count). The number of nitrogen functional groups attached to an aromatic ring is 1. The van der Waals surface area contributed by atoms with Gasteiger partial charge in [-0.2, -0.15) is 0 Å². The predicted octanol–water partition coefficient (Wildman–Crippen LogP) is 3.41. The van der Waals surface area contributed by atoms with Gasteiger partial charge >= 0.3 is 0 Å². The third-order valence-electron chi connectivity index (χ3n) is 3.73. The van der Waals surface area contributed by atoms with Crippen molar-refractivity contribution in [2.24, 2.45) is 5.92 Å². The van der Waals surface area contributed by atoms with Gasteiger partial charge in [0.2, 0.25) is 5.95 Å². The summed E-state index contributed by atoms with van der Waals surface area (Å²) in [7, 11) is 0. The normalized spacial score (nSPS) is 16.3.